The van der Waals surface area contributed by atoms with Crippen molar-refractivity contribution in [3.05, 3.63) is 105 Å². The third kappa shape index (κ3) is 6.51. The standard InChI is InChI=1S/C27H21N3O7S/c1-17-2-8-20(9-3-17)28-25(32)16-37-22-12-4-18(5-13-22)14-24-26(33)29(27(34)38-24)15-23(31)19-6-10-21(11-7-19)30(35)36/h2-14H,15-16H2,1H3,(H,28,32)/b24-14+. The van der Waals surface area contributed by atoms with Crippen LogP contribution in [0.5, 0.6) is 5.75 Å². The number of nitrogens with zero attached hydrogens (tertiary/aromatic N) is 2. The largest absolute Gasteiger partial charge is 0.484 e. The average molecular weight is 532 g/mol. The summed E-state index contributed by atoms with van der Waals surface area (Å²) in [5, 5.41) is 12.9. The van der Waals surface area contributed by atoms with Gasteiger partial charge < -0.3 is 10.1 Å². The number of hydrogen-bond acceptors (Lipinski definition) is 8. The summed E-state index contributed by atoms with van der Waals surface area (Å²) >= 11 is 0.713. The summed E-state index contributed by atoms with van der Waals surface area (Å²) in [6.45, 7) is 1.29. The van der Waals surface area contributed by atoms with Crippen LogP contribution in [-0.4, -0.2) is 45.8 Å². The third-order valence-corrected chi connectivity index (χ3v) is 6.37. The minimum atomic E-state index is -0.608. The summed E-state index contributed by atoms with van der Waals surface area (Å²) < 4.78 is 5.51. The lowest BCUT2D eigenvalue weighted by molar-refractivity contribution is -0.384. The van der Waals surface area contributed by atoms with Crippen LogP contribution in [0.25, 0.3) is 6.08 Å². The van der Waals surface area contributed by atoms with Crippen LogP contribution in [0, 0.1) is 17.0 Å². The van der Waals surface area contributed by atoms with Crippen molar-refractivity contribution in [3.8, 4) is 5.75 Å². The predicted octanol–water partition coefficient (Wildman–Crippen LogP) is 4.84. The highest BCUT2D eigenvalue weighted by atomic mass is 32.2. The Kier molecular flexibility index (Phi) is 7.97. The number of benzene rings is 3. The van der Waals surface area contributed by atoms with Gasteiger partial charge in [-0.2, -0.15) is 0 Å². The number of anilines is 1. The second-order valence-electron chi connectivity index (χ2n) is 8.27. The highest BCUT2D eigenvalue weighted by molar-refractivity contribution is 8.18. The number of carbonyl (C=O) groups is 4. The van der Waals surface area contributed by atoms with Crippen molar-refractivity contribution >= 4 is 52.0 Å². The minimum absolute atomic E-state index is 0.151. The lowest BCUT2D eigenvalue weighted by Gasteiger charge is -2.11. The molecule has 38 heavy (non-hydrogen) atoms. The van der Waals surface area contributed by atoms with E-state index in [1.165, 1.54) is 30.3 Å². The molecule has 0 aliphatic carbocycles. The number of Topliss-reactive ketones (excluding diaryl/α,β-unsaturated/α-hetero) is 1. The van der Waals surface area contributed by atoms with E-state index in [1.807, 2.05) is 19.1 Å². The maximum Gasteiger partial charge on any atom is 0.293 e. The van der Waals surface area contributed by atoms with E-state index in [2.05, 4.69) is 5.32 Å². The second-order valence-corrected chi connectivity index (χ2v) is 9.26. The summed E-state index contributed by atoms with van der Waals surface area (Å²) in [7, 11) is 0. The van der Waals surface area contributed by atoms with E-state index in [-0.39, 0.29) is 28.7 Å². The molecule has 0 unspecified atom stereocenters. The Morgan fingerprint density at radius 3 is 2.29 bits per heavy atom. The molecule has 1 aliphatic rings. The van der Waals surface area contributed by atoms with Crippen LogP contribution >= 0.6 is 11.8 Å². The molecule has 3 aromatic carbocycles. The summed E-state index contributed by atoms with van der Waals surface area (Å²) in [5.74, 6) is -0.988. The van der Waals surface area contributed by atoms with Crippen LogP contribution in [0.4, 0.5) is 16.2 Å². The van der Waals surface area contributed by atoms with E-state index >= 15 is 0 Å². The highest BCUT2D eigenvalue weighted by Gasteiger charge is 2.36. The van der Waals surface area contributed by atoms with Crippen LogP contribution in [-0.2, 0) is 9.59 Å². The third-order valence-electron chi connectivity index (χ3n) is 5.46. The normalized spacial score (nSPS) is 14.0. The Hall–Kier alpha value is -4.77. The van der Waals surface area contributed by atoms with Gasteiger partial charge in [0, 0.05) is 23.4 Å². The lowest BCUT2D eigenvalue weighted by Crippen LogP contribution is -2.33. The molecule has 1 N–H and O–H groups in total. The molecule has 4 rings (SSSR count). The number of thioether (sulfide) groups is 1. The Morgan fingerprint density at radius 1 is 1.00 bits per heavy atom. The number of non-ortho nitro benzene ring substituents is 1. The van der Waals surface area contributed by atoms with Crippen LogP contribution in [0.2, 0.25) is 0 Å². The molecule has 0 spiro atoms. The number of rotatable bonds is 9. The molecular formula is C27H21N3O7S. The fraction of sp³-hybridized carbons (Fsp3) is 0.111. The molecule has 0 atom stereocenters. The molecule has 1 heterocycles. The monoisotopic (exact) mass is 531 g/mol. The molecule has 0 aromatic heterocycles. The molecule has 1 saturated heterocycles. The van der Waals surface area contributed by atoms with Gasteiger partial charge in [0.1, 0.15) is 5.75 Å². The maximum atomic E-state index is 12.7. The molecule has 10 nitrogen and oxygen atoms in total. The van der Waals surface area contributed by atoms with Crippen LogP contribution in [0.1, 0.15) is 21.5 Å². The first-order chi connectivity index (χ1) is 18.2. The molecule has 0 saturated carbocycles. The molecule has 3 aromatic rings. The van der Waals surface area contributed by atoms with Gasteiger partial charge >= 0.3 is 0 Å². The smallest absolute Gasteiger partial charge is 0.293 e. The minimum Gasteiger partial charge on any atom is -0.484 e. The lowest BCUT2D eigenvalue weighted by atomic mass is 10.1. The van der Waals surface area contributed by atoms with Gasteiger partial charge in [0.25, 0.3) is 22.7 Å². The molecule has 1 aliphatic heterocycles. The van der Waals surface area contributed by atoms with Crippen molar-refractivity contribution in [3.63, 3.8) is 0 Å². The summed E-state index contributed by atoms with van der Waals surface area (Å²) in [6, 6.07) is 18.9. The number of nitro benzene ring substituents is 1. The van der Waals surface area contributed by atoms with Crippen molar-refractivity contribution < 1.29 is 28.8 Å². The Bertz CT molecular complexity index is 1430. The van der Waals surface area contributed by atoms with Crippen LogP contribution < -0.4 is 10.1 Å². The first-order valence-corrected chi connectivity index (χ1v) is 12.1. The predicted molar refractivity (Wildman–Crippen MR) is 142 cm³/mol. The summed E-state index contributed by atoms with van der Waals surface area (Å²) in [5.41, 5.74) is 2.36. The quantitative estimate of drug-likeness (QED) is 0.179. The number of nitrogens with one attached hydrogen (secondary N) is 1. The second kappa shape index (κ2) is 11.5. The number of ether oxygens (including phenoxy) is 1. The number of ketones is 1. The summed E-state index contributed by atoms with van der Waals surface area (Å²) in [6.07, 6.45) is 1.52. The van der Waals surface area contributed by atoms with Gasteiger partial charge in [-0.15, -0.1) is 0 Å². The number of hydrogen-bond donors (Lipinski definition) is 1. The number of nitro groups is 1. The van der Waals surface area contributed by atoms with Crippen molar-refractivity contribution in [2.24, 2.45) is 0 Å². The molecule has 1 fully saturated rings. The maximum absolute atomic E-state index is 12.7. The zero-order valence-electron chi connectivity index (χ0n) is 20.1. The van der Waals surface area contributed by atoms with Gasteiger partial charge in [-0.1, -0.05) is 29.8 Å². The van der Waals surface area contributed by atoms with Gasteiger partial charge in [0.2, 0.25) is 0 Å². The van der Waals surface area contributed by atoms with E-state index in [4.69, 9.17) is 4.74 Å². The van der Waals surface area contributed by atoms with Gasteiger partial charge in [-0.05, 0) is 66.7 Å². The molecule has 11 heteroatoms. The number of imide groups is 1. The highest BCUT2D eigenvalue weighted by Crippen LogP contribution is 2.32. The van der Waals surface area contributed by atoms with E-state index in [0.717, 1.165) is 10.5 Å². The number of amides is 3. The first-order valence-electron chi connectivity index (χ1n) is 11.3. The van der Waals surface area contributed by atoms with Gasteiger partial charge in [-0.25, -0.2) is 0 Å². The van der Waals surface area contributed by atoms with Gasteiger partial charge in [-0.3, -0.25) is 34.2 Å². The fourth-order valence-electron chi connectivity index (χ4n) is 3.43. The SMILES string of the molecule is Cc1ccc(NC(=O)COc2ccc(/C=C3/SC(=O)N(CC(=O)c4ccc([N+](=O)[O-])cc4)C3=O)cc2)cc1. The summed E-state index contributed by atoms with van der Waals surface area (Å²) in [4.78, 5) is 60.9. The first kappa shape index (κ1) is 26.3. The van der Waals surface area contributed by atoms with E-state index in [9.17, 15) is 29.3 Å². The molecule has 0 radical (unpaired) electrons. The van der Waals surface area contributed by atoms with Crippen molar-refractivity contribution in [1.29, 1.82) is 0 Å². The van der Waals surface area contributed by atoms with Crippen molar-refractivity contribution in [1.82, 2.24) is 4.90 Å². The Balaban J connectivity index is 1.33. The molecular weight excluding hydrogens is 510 g/mol. The molecule has 0 bridgehead atoms. The number of aryl methyl sites for hydroxylation is 1. The average Bonchev–Trinajstić information content (AvgIpc) is 3.16. The zero-order chi connectivity index (χ0) is 27.2. The van der Waals surface area contributed by atoms with Crippen LogP contribution in [0.15, 0.2) is 77.7 Å². The zero-order valence-corrected chi connectivity index (χ0v) is 20.9. The number of carbonyl (C=O) groups excluding carboxylic acids is 4. The van der Waals surface area contributed by atoms with E-state index in [0.29, 0.717) is 28.8 Å². The topological polar surface area (TPSA) is 136 Å². The van der Waals surface area contributed by atoms with E-state index < -0.39 is 28.4 Å². The van der Waals surface area contributed by atoms with Crippen LogP contribution in [0.3, 0.4) is 0 Å². The van der Waals surface area contributed by atoms with Gasteiger partial charge in [0.15, 0.2) is 12.4 Å². The molecule has 3 amide bonds. The van der Waals surface area contributed by atoms with E-state index in [1.54, 1.807) is 36.4 Å². The fourth-order valence-corrected chi connectivity index (χ4v) is 4.27. The Labute approximate surface area is 221 Å². The van der Waals surface area contributed by atoms with Crippen molar-refractivity contribution in [2.75, 3.05) is 18.5 Å². The molecule has 192 valence electrons. The van der Waals surface area contributed by atoms with Crippen molar-refractivity contribution in [2.45, 2.75) is 6.92 Å². The van der Waals surface area contributed by atoms with Gasteiger partial charge in [0.05, 0.1) is 16.4 Å². The Morgan fingerprint density at radius 2 is 1.66 bits per heavy atom.